The Morgan fingerprint density at radius 1 is 1.33 bits per heavy atom. The van der Waals surface area contributed by atoms with Crippen LogP contribution in [-0.4, -0.2) is 12.5 Å². The van der Waals surface area contributed by atoms with Crippen LogP contribution in [0.4, 0.5) is 15.8 Å². The van der Waals surface area contributed by atoms with Crippen molar-refractivity contribution in [2.24, 2.45) is 0 Å². The number of halogens is 3. The van der Waals surface area contributed by atoms with Gasteiger partial charge in [0.2, 0.25) is 0 Å². The Morgan fingerprint density at radius 2 is 2.10 bits per heavy atom. The van der Waals surface area contributed by atoms with Crippen molar-refractivity contribution in [2.75, 3.05) is 17.7 Å². The molecule has 0 saturated heterocycles. The molecule has 0 radical (unpaired) electrons. The summed E-state index contributed by atoms with van der Waals surface area (Å²) in [5.74, 6) is -1.01. The highest BCUT2D eigenvalue weighted by molar-refractivity contribution is 9.10. The molecule has 7 heteroatoms. The number of nitrogens with two attached hydrogens (primary N) is 1. The van der Waals surface area contributed by atoms with Crippen LogP contribution in [0.2, 0.25) is 5.02 Å². The largest absolute Gasteiger partial charge is 0.481 e. The summed E-state index contributed by atoms with van der Waals surface area (Å²) < 4.78 is 19.2. The lowest BCUT2D eigenvalue weighted by atomic mass is 10.2. The highest BCUT2D eigenvalue weighted by atomic mass is 79.9. The smallest absolute Gasteiger partial charge is 0.262 e. The van der Waals surface area contributed by atoms with Crippen LogP contribution < -0.4 is 15.8 Å². The SMILES string of the molecule is Nc1cc(Cl)ccc1NC(=O)COc1cc(Br)ccc1F. The average molecular weight is 374 g/mol. The molecule has 2 rings (SSSR count). The first kappa shape index (κ1) is 15.6. The summed E-state index contributed by atoms with van der Waals surface area (Å²) in [6.07, 6.45) is 0. The molecular formula is C14H11BrClFN2O2. The second-order valence-electron chi connectivity index (χ2n) is 4.14. The van der Waals surface area contributed by atoms with Crippen molar-refractivity contribution in [1.82, 2.24) is 0 Å². The van der Waals surface area contributed by atoms with E-state index in [-0.39, 0.29) is 12.4 Å². The lowest BCUT2D eigenvalue weighted by molar-refractivity contribution is -0.118. The van der Waals surface area contributed by atoms with E-state index in [1.807, 2.05) is 0 Å². The summed E-state index contributed by atoms with van der Waals surface area (Å²) in [6, 6.07) is 8.92. The van der Waals surface area contributed by atoms with Gasteiger partial charge in [0, 0.05) is 9.50 Å². The van der Waals surface area contributed by atoms with Crippen LogP contribution in [0.1, 0.15) is 0 Å². The van der Waals surface area contributed by atoms with Gasteiger partial charge >= 0.3 is 0 Å². The second kappa shape index (κ2) is 6.78. The quantitative estimate of drug-likeness (QED) is 0.800. The fourth-order valence-electron chi connectivity index (χ4n) is 1.56. The van der Waals surface area contributed by atoms with Gasteiger partial charge in [-0.25, -0.2) is 4.39 Å². The number of rotatable bonds is 4. The minimum atomic E-state index is -0.544. The summed E-state index contributed by atoms with van der Waals surface area (Å²) in [4.78, 5) is 11.8. The molecule has 0 fully saturated rings. The number of hydrogen-bond donors (Lipinski definition) is 2. The summed E-state index contributed by atoms with van der Waals surface area (Å²) >= 11 is 8.96. The molecule has 2 aromatic rings. The number of amides is 1. The standard InChI is InChI=1S/C14H11BrClFN2O2/c15-8-1-3-10(17)13(5-8)21-7-14(20)19-12-4-2-9(16)6-11(12)18/h1-6H,7,18H2,(H,19,20). The topological polar surface area (TPSA) is 64.3 Å². The van der Waals surface area contributed by atoms with Crippen molar-refractivity contribution in [3.63, 3.8) is 0 Å². The van der Waals surface area contributed by atoms with Gasteiger partial charge in [0.1, 0.15) is 0 Å². The number of carbonyl (C=O) groups excluding carboxylic acids is 1. The molecule has 0 saturated carbocycles. The van der Waals surface area contributed by atoms with Gasteiger partial charge in [-0.1, -0.05) is 27.5 Å². The Labute approximate surface area is 134 Å². The van der Waals surface area contributed by atoms with E-state index in [0.717, 1.165) is 0 Å². The number of hydrogen-bond acceptors (Lipinski definition) is 3. The van der Waals surface area contributed by atoms with E-state index in [1.165, 1.54) is 24.3 Å². The predicted octanol–water partition coefficient (Wildman–Crippen LogP) is 3.84. The Balaban J connectivity index is 1.97. The normalized spacial score (nSPS) is 10.2. The molecule has 0 heterocycles. The fourth-order valence-corrected chi connectivity index (χ4v) is 2.09. The summed E-state index contributed by atoms with van der Waals surface area (Å²) in [5.41, 5.74) is 6.47. The first-order valence-corrected chi connectivity index (χ1v) is 7.05. The van der Waals surface area contributed by atoms with Crippen molar-refractivity contribution >= 4 is 44.8 Å². The lowest BCUT2D eigenvalue weighted by Crippen LogP contribution is -2.21. The maximum Gasteiger partial charge on any atom is 0.262 e. The van der Waals surface area contributed by atoms with Gasteiger partial charge in [-0.2, -0.15) is 0 Å². The van der Waals surface area contributed by atoms with E-state index >= 15 is 0 Å². The van der Waals surface area contributed by atoms with E-state index in [0.29, 0.717) is 20.9 Å². The molecule has 0 aliphatic rings. The summed E-state index contributed by atoms with van der Waals surface area (Å²) in [6.45, 7) is -0.338. The van der Waals surface area contributed by atoms with Crippen LogP contribution >= 0.6 is 27.5 Å². The van der Waals surface area contributed by atoms with Crippen LogP contribution in [0.3, 0.4) is 0 Å². The first-order chi connectivity index (χ1) is 9.95. The Morgan fingerprint density at radius 3 is 2.81 bits per heavy atom. The Hall–Kier alpha value is -1.79. The van der Waals surface area contributed by atoms with Crippen molar-refractivity contribution < 1.29 is 13.9 Å². The molecule has 0 bridgehead atoms. The van der Waals surface area contributed by atoms with Crippen molar-refractivity contribution in [3.05, 3.63) is 51.7 Å². The van der Waals surface area contributed by atoms with E-state index in [2.05, 4.69) is 21.2 Å². The van der Waals surface area contributed by atoms with Crippen LogP contribution in [0.15, 0.2) is 40.9 Å². The number of nitrogen functional groups attached to an aromatic ring is 1. The van der Waals surface area contributed by atoms with Crippen LogP contribution in [0, 0.1) is 5.82 Å². The van der Waals surface area contributed by atoms with E-state index in [4.69, 9.17) is 22.1 Å². The molecule has 1 amide bonds. The average Bonchev–Trinajstić information content (AvgIpc) is 2.43. The van der Waals surface area contributed by atoms with Gasteiger partial charge in [-0.15, -0.1) is 0 Å². The van der Waals surface area contributed by atoms with Gasteiger partial charge in [0.05, 0.1) is 11.4 Å². The second-order valence-corrected chi connectivity index (χ2v) is 5.50. The third kappa shape index (κ3) is 4.34. The molecular weight excluding hydrogens is 363 g/mol. The van der Waals surface area contributed by atoms with Crippen molar-refractivity contribution in [1.29, 1.82) is 0 Å². The molecule has 2 aromatic carbocycles. The summed E-state index contributed by atoms with van der Waals surface area (Å²) in [5, 5.41) is 3.03. The fraction of sp³-hybridized carbons (Fsp3) is 0.0714. The molecule has 110 valence electrons. The molecule has 0 aliphatic heterocycles. The van der Waals surface area contributed by atoms with E-state index in [9.17, 15) is 9.18 Å². The highest BCUT2D eigenvalue weighted by Crippen LogP contribution is 2.24. The van der Waals surface area contributed by atoms with Crippen molar-refractivity contribution in [2.45, 2.75) is 0 Å². The number of nitrogens with one attached hydrogen (secondary N) is 1. The molecule has 0 atom stereocenters. The number of anilines is 2. The molecule has 3 N–H and O–H groups in total. The molecule has 0 aromatic heterocycles. The predicted molar refractivity (Wildman–Crippen MR) is 84.1 cm³/mol. The molecule has 4 nitrogen and oxygen atoms in total. The van der Waals surface area contributed by atoms with Gasteiger partial charge < -0.3 is 15.8 Å². The summed E-state index contributed by atoms with van der Waals surface area (Å²) in [7, 11) is 0. The van der Waals surface area contributed by atoms with E-state index < -0.39 is 11.7 Å². The maximum absolute atomic E-state index is 13.4. The van der Waals surface area contributed by atoms with Gasteiger partial charge in [-0.05, 0) is 36.4 Å². The van der Waals surface area contributed by atoms with Gasteiger partial charge in [0.25, 0.3) is 5.91 Å². The maximum atomic E-state index is 13.4. The Kier molecular flexibility index (Phi) is 5.03. The third-order valence-corrected chi connectivity index (χ3v) is 3.27. The monoisotopic (exact) mass is 372 g/mol. The zero-order valence-electron chi connectivity index (χ0n) is 10.7. The number of ether oxygens (including phenoxy) is 1. The van der Waals surface area contributed by atoms with Crippen LogP contribution in [0.25, 0.3) is 0 Å². The van der Waals surface area contributed by atoms with E-state index in [1.54, 1.807) is 12.1 Å². The zero-order chi connectivity index (χ0) is 15.4. The molecule has 21 heavy (non-hydrogen) atoms. The zero-order valence-corrected chi connectivity index (χ0v) is 13.0. The first-order valence-electron chi connectivity index (χ1n) is 5.88. The Bertz CT molecular complexity index is 682. The minimum Gasteiger partial charge on any atom is -0.481 e. The number of carbonyl (C=O) groups is 1. The lowest BCUT2D eigenvalue weighted by Gasteiger charge is -2.10. The molecule has 0 unspecified atom stereocenters. The number of benzene rings is 2. The van der Waals surface area contributed by atoms with Gasteiger partial charge in [-0.3, -0.25) is 4.79 Å². The minimum absolute atomic E-state index is 0.0106. The molecule has 0 spiro atoms. The van der Waals surface area contributed by atoms with Crippen LogP contribution in [0.5, 0.6) is 5.75 Å². The third-order valence-electron chi connectivity index (χ3n) is 2.54. The van der Waals surface area contributed by atoms with Crippen molar-refractivity contribution in [3.8, 4) is 5.75 Å². The highest BCUT2D eigenvalue weighted by Gasteiger charge is 2.09. The molecule has 0 aliphatic carbocycles. The van der Waals surface area contributed by atoms with Crippen LogP contribution in [-0.2, 0) is 4.79 Å². The van der Waals surface area contributed by atoms with Gasteiger partial charge in [0.15, 0.2) is 18.2 Å².